The van der Waals surface area contributed by atoms with Crippen LogP contribution < -0.4 is 0 Å². The number of rotatable bonds is 12. The second-order valence-corrected chi connectivity index (χ2v) is 26.4. The summed E-state index contributed by atoms with van der Waals surface area (Å²) in [7, 11) is -8.26. The fourth-order valence-corrected chi connectivity index (χ4v) is 16.2. The van der Waals surface area contributed by atoms with E-state index in [-0.39, 0.29) is 9.79 Å². The first-order chi connectivity index (χ1) is 15.6. The second-order valence-electron chi connectivity index (χ2n) is 9.94. The van der Waals surface area contributed by atoms with Gasteiger partial charge in [0.25, 0.3) is 0 Å². The topological polar surface area (TPSA) is 86.7 Å². The molecular weight excluding hydrogens is 510 g/mol. The molecule has 0 atom stereocenters. The summed E-state index contributed by atoms with van der Waals surface area (Å²) in [5.74, 6) is 0. The number of hydrogen-bond acceptors (Lipinski definition) is 6. The van der Waals surface area contributed by atoms with Crippen molar-refractivity contribution in [2.45, 2.75) is 51.3 Å². The molecule has 2 aromatic rings. The maximum atomic E-state index is 13.6. The molecule has 2 aromatic carbocycles. The van der Waals surface area contributed by atoms with E-state index < -0.39 is 33.9 Å². The minimum absolute atomic E-state index is 0.0105. The first-order valence-corrected chi connectivity index (χ1v) is 21.2. The van der Waals surface area contributed by atoms with Gasteiger partial charge in [-0.1, -0.05) is 0 Å². The fraction of sp³-hybridized carbons (Fsp3) is 0.583. The summed E-state index contributed by atoms with van der Waals surface area (Å²) in [5.41, 5.74) is 0. The van der Waals surface area contributed by atoms with Crippen LogP contribution in [0, 0.1) is 0 Å². The summed E-state index contributed by atoms with van der Waals surface area (Å²) < 4.78 is 66.4. The average Bonchev–Trinajstić information content (AvgIpc) is 2.83. The van der Waals surface area contributed by atoms with E-state index in [1.165, 1.54) is 12.1 Å². The van der Waals surface area contributed by atoms with Crippen molar-refractivity contribution >= 4 is 44.7 Å². The molecule has 0 fully saturated rings. The third-order valence-corrected chi connectivity index (χ3v) is 26.2. The van der Waals surface area contributed by atoms with Crippen LogP contribution in [0.25, 0.3) is 10.8 Å². The summed E-state index contributed by atoms with van der Waals surface area (Å²) in [6.45, 7) is 9.85. The predicted octanol–water partition coefficient (Wildman–Crippen LogP) is 6.57. The van der Waals surface area contributed by atoms with Gasteiger partial charge in [0.1, 0.15) is 0 Å². The molecule has 10 heteroatoms. The molecule has 2 rings (SSSR count). The van der Waals surface area contributed by atoms with Gasteiger partial charge in [-0.3, -0.25) is 0 Å². The summed E-state index contributed by atoms with van der Waals surface area (Å²) in [6, 6.07) is 9.37. The van der Waals surface area contributed by atoms with Crippen molar-refractivity contribution in [3.8, 4) is 0 Å². The minimum atomic E-state index is -4.13. The first-order valence-electron chi connectivity index (χ1n) is 12.0. The Morgan fingerprint density at radius 1 is 0.559 bits per heavy atom. The average molecular weight is 553 g/mol. The van der Waals surface area contributed by atoms with E-state index in [4.69, 9.17) is 7.94 Å². The maximum absolute atomic E-state index is 13.6. The van der Waals surface area contributed by atoms with Crippen LogP contribution in [0.3, 0.4) is 0 Å². The van der Waals surface area contributed by atoms with Crippen LogP contribution >= 0.6 is 13.7 Å². The molecule has 0 saturated heterocycles. The van der Waals surface area contributed by atoms with Gasteiger partial charge in [0, 0.05) is 0 Å². The number of fused-ring (bicyclic) bond motifs is 1. The van der Waals surface area contributed by atoms with Crippen LogP contribution in [-0.2, 0) is 28.2 Å². The van der Waals surface area contributed by atoms with Crippen LogP contribution in [0.4, 0.5) is 0 Å². The van der Waals surface area contributed by atoms with E-state index >= 15 is 0 Å². The molecule has 0 heterocycles. The summed E-state index contributed by atoms with van der Waals surface area (Å²) >= 11 is 0. The molecule has 0 aliphatic heterocycles. The Morgan fingerprint density at radius 3 is 1.06 bits per heavy atom. The van der Waals surface area contributed by atoms with E-state index in [0.29, 0.717) is 47.7 Å². The van der Waals surface area contributed by atoms with Crippen molar-refractivity contribution in [2.75, 3.05) is 50.3 Å². The van der Waals surface area contributed by atoms with Crippen molar-refractivity contribution in [1.82, 2.24) is 0 Å². The van der Waals surface area contributed by atoms with Crippen LogP contribution in [-0.4, -0.2) is 67.1 Å². The molecule has 0 bridgehead atoms. The third kappa shape index (κ3) is 5.38. The van der Waals surface area contributed by atoms with Gasteiger partial charge in [-0.25, -0.2) is 0 Å². The monoisotopic (exact) mass is 552 g/mol. The molecule has 0 aliphatic rings. The summed E-state index contributed by atoms with van der Waals surface area (Å²) in [5, 5.41) is 0.642. The molecule has 0 aliphatic carbocycles. The Kier molecular flexibility index (Phi) is 8.43. The summed E-state index contributed by atoms with van der Waals surface area (Å²) in [4.78, 5) is -0.0209. The van der Waals surface area contributed by atoms with Crippen LogP contribution in [0.2, 0.25) is 0 Å². The van der Waals surface area contributed by atoms with Crippen molar-refractivity contribution in [1.29, 1.82) is 0 Å². The molecule has 6 nitrogen and oxygen atoms in total. The first kappa shape index (κ1) is 29.6. The Labute approximate surface area is 207 Å². The SMILES string of the molecule is CCP(C)(CC)(CC)OS(=O)(=O)c1cccc2c(S(=O)(=O)OP(C)(CC)(CC)CC)cccc12. The third-order valence-electron chi connectivity index (χ3n) is 8.40. The van der Waals surface area contributed by atoms with E-state index in [1.807, 2.05) is 54.9 Å². The molecule has 0 amide bonds. The molecule has 0 radical (unpaired) electrons. The Morgan fingerprint density at radius 2 is 0.824 bits per heavy atom. The molecule has 0 spiro atoms. The quantitative estimate of drug-likeness (QED) is 0.277. The Balaban J connectivity index is 2.74. The van der Waals surface area contributed by atoms with E-state index in [9.17, 15) is 16.8 Å². The van der Waals surface area contributed by atoms with Gasteiger partial charge in [0.2, 0.25) is 0 Å². The molecule has 0 unspecified atom stereocenters. The van der Waals surface area contributed by atoms with Gasteiger partial charge in [-0.15, -0.1) is 0 Å². The predicted molar refractivity (Wildman–Crippen MR) is 149 cm³/mol. The zero-order valence-corrected chi connectivity index (χ0v) is 25.3. The molecular formula is C24H42O6P2S2. The van der Waals surface area contributed by atoms with Gasteiger partial charge in [0.15, 0.2) is 0 Å². The Hall–Kier alpha value is -0.620. The van der Waals surface area contributed by atoms with Crippen molar-refractivity contribution < 1.29 is 24.8 Å². The van der Waals surface area contributed by atoms with Crippen molar-refractivity contribution in [3.63, 3.8) is 0 Å². The Bertz CT molecular complexity index is 1140. The van der Waals surface area contributed by atoms with Crippen LogP contribution in [0.15, 0.2) is 46.2 Å². The van der Waals surface area contributed by atoms with Gasteiger partial charge >= 0.3 is 207 Å². The zero-order chi connectivity index (χ0) is 26.1. The van der Waals surface area contributed by atoms with Gasteiger partial charge < -0.3 is 0 Å². The molecule has 34 heavy (non-hydrogen) atoms. The number of benzene rings is 2. The normalized spacial score (nSPS) is 16.0. The second kappa shape index (κ2) is 9.68. The summed E-state index contributed by atoms with van der Waals surface area (Å²) in [6.07, 6.45) is 3.86. The van der Waals surface area contributed by atoms with E-state index in [0.717, 1.165) is 0 Å². The number of hydrogen-bond donors (Lipinski definition) is 0. The van der Waals surface area contributed by atoms with Gasteiger partial charge in [0.05, 0.1) is 0 Å². The van der Waals surface area contributed by atoms with Crippen LogP contribution in [0.1, 0.15) is 41.5 Å². The van der Waals surface area contributed by atoms with Crippen molar-refractivity contribution in [2.24, 2.45) is 0 Å². The molecule has 0 saturated carbocycles. The van der Waals surface area contributed by atoms with E-state index in [1.54, 1.807) is 24.3 Å². The standard InChI is InChI=1S/C24H42O6P2S2/c1-9-31(7,10-2,11-3)29-33(25,26)23-19-15-18-22-21(23)17-16-20-24(22)34(27,28)30-32(8,12-4,13-5)14-6/h15-20H,9-14H2,1-8H3. The molecule has 0 N–H and O–H groups in total. The molecule has 196 valence electrons. The van der Waals surface area contributed by atoms with Gasteiger partial charge in [-0.05, 0) is 0 Å². The van der Waals surface area contributed by atoms with Gasteiger partial charge in [-0.2, -0.15) is 0 Å². The van der Waals surface area contributed by atoms with E-state index in [2.05, 4.69) is 0 Å². The molecule has 0 aromatic heterocycles. The zero-order valence-electron chi connectivity index (χ0n) is 21.9. The fourth-order valence-electron chi connectivity index (χ4n) is 4.04. The van der Waals surface area contributed by atoms with Crippen molar-refractivity contribution in [3.05, 3.63) is 36.4 Å². The van der Waals surface area contributed by atoms with Crippen LogP contribution in [0.5, 0.6) is 0 Å².